The first-order valence-electron chi connectivity index (χ1n) is 7.13. The summed E-state index contributed by atoms with van der Waals surface area (Å²) in [6.07, 6.45) is 0.987. The van der Waals surface area contributed by atoms with Crippen molar-refractivity contribution >= 4 is 28.7 Å². The Hall–Kier alpha value is -2.40. The van der Waals surface area contributed by atoms with Gasteiger partial charge in [0.1, 0.15) is 0 Å². The van der Waals surface area contributed by atoms with Gasteiger partial charge < -0.3 is 11.1 Å². The van der Waals surface area contributed by atoms with Crippen molar-refractivity contribution in [3.05, 3.63) is 65.7 Å². The summed E-state index contributed by atoms with van der Waals surface area (Å²) < 4.78 is 0. The summed E-state index contributed by atoms with van der Waals surface area (Å²) in [5, 5.41) is 7.73. The highest BCUT2D eigenvalue weighted by Crippen LogP contribution is 2.12. The number of hydrazone groups is 1. The maximum absolute atomic E-state index is 5.37. The van der Waals surface area contributed by atoms with Crippen molar-refractivity contribution in [1.82, 2.24) is 5.43 Å². The lowest BCUT2D eigenvalue weighted by molar-refractivity contribution is 1.02. The Balaban J connectivity index is 1.94. The van der Waals surface area contributed by atoms with E-state index in [1.165, 1.54) is 5.56 Å². The van der Waals surface area contributed by atoms with E-state index in [-0.39, 0.29) is 5.11 Å². The Morgan fingerprint density at radius 3 is 2.64 bits per heavy atom. The third-order valence-electron chi connectivity index (χ3n) is 3.20. The molecule has 5 heteroatoms. The van der Waals surface area contributed by atoms with Crippen LogP contribution in [0.1, 0.15) is 18.1 Å². The van der Waals surface area contributed by atoms with E-state index in [4.69, 9.17) is 18.0 Å². The van der Waals surface area contributed by atoms with Gasteiger partial charge in [-0.2, -0.15) is 5.10 Å². The van der Waals surface area contributed by atoms with E-state index >= 15 is 0 Å². The lowest BCUT2D eigenvalue weighted by Gasteiger charge is -2.09. The molecule has 0 aliphatic rings. The lowest BCUT2D eigenvalue weighted by Crippen LogP contribution is -2.25. The van der Waals surface area contributed by atoms with Crippen molar-refractivity contribution < 1.29 is 0 Å². The molecular formula is C17H20N4S. The van der Waals surface area contributed by atoms with Crippen LogP contribution < -0.4 is 16.5 Å². The van der Waals surface area contributed by atoms with E-state index in [1.54, 1.807) is 0 Å². The van der Waals surface area contributed by atoms with E-state index in [2.05, 4.69) is 46.2 Å². The molecule has 0 heterocycles. The van der Waals surface area contributed by atoms with Crippen LogP contribution in [0.2, 0.25) is 0 Å². The van der Waals surface area contributed by atoms with Gasteiger partial charge in [0, 0.05) is 12.2 Å². The molecule has 0 amide bonds. The average Bonchev–Trinajstić information content (AvgIpc) is 2.54. The molecule has 0 atom stereocenters. The van der Waals surface area contributed by atoms with Crippen LogP contribution >= 0.6 is 12.2 Å². The van der Waals surface area contributed by atoms with Gasteiger partial charge in [-0.3, -0.25) is 5.43 Å². The van der Waals surface area contributed by atoms with Gasteiger partial charge in [-0.25, -0.2) is 0 Å². The van der Waals surface area contributed by atoms with Crippen molar-refractivity contribution in [2.75, 3.05) is 11.9 Å². The van der Waals surface area contributed by atoms with E-state index in [9.17, 15) is 0 Å². The summed E-state index contributed by atoms with van der Waals surface area (Å²) in [6.45, 7) is 2.79. The van der Waals surface area contributed by atoms with Crippen LogP contribution in [0.25, 0.3) is 0 Å². The van der Waals surface area contributed by atoms with Gasteiger partial charge in [-0.05, 0) is 48.8 Å². The summed E-state index contributed by atoms with van der Waals surface area (Å²) in [5.74, 6) is 0. The third-order valence-corrected chi connectivity index (χ3v) is 3.29. The van der Waals surface area contributed by atoms with Crippen molar-refractivity contribution in [2.24, 2.45) is 10.8 Å². The molecule has 2 aromatic carbocycles. The van der Waals surface area contributed by atoms with Crippen molar-refractivity contribution in [3.63, 3.8) is 0 Å². The molecule has 0 aliphatic carbocycles. The molecule has 0 bridgehead atoms. The summed E-state index contributed by atoms with van der Waals surface area (Å²) in [6, 6.07) is 18.5. The van der Waals surface area contributed by atoms with Gasteiger partial charge in [0.25, 0.3) is 0 Å². The molecular weight excluding hydrogens is 292 g/mol. The zero-order valence-electron chi connectivity index (χ0n) is 12.5. The van der Waals surface area contributed by atoms with Crippen LogP contribution in [0.3, 0.4) is 0 Å². The van der Waals surface area contributed by atoms with E-state index in [0.29, 0.717) is 0 Å². The average molecular weight is 312 g/mol. The zero-order chi connectivity index (χ0) is 15.8. The molecule has 0 saturated heterocycles. The highest BCUT2D eigenvalue weighted by molar-refractivity contribution is 7.80. The molecule has 0 fully saturated rings. The van der Waals surface area contributed by atoms with Crippen LogP contribution in [0.5, 0.6) is 0 Å². The van der Waals surface area contributed by atoms with Crippen molar-refractivity contribution in [3.8, 4) is 0 Å². The smallest absolute Gasteiger partial charge is 0.184 e. The molecule has 22 heavy (non-hydrogen) atoms. The summed E-state index contributed by atoms with van der Waals surface area (Å²) in [7, 11) is 0. The molecule has 2 rings (SSSR count). The topological polar surface area (TPSA) is 62.4 Å². The Kier molecular flexibility index (Phi) is 5.91. The fraction of sp³-hybridized carbons (Fsp3) is 0.176. The second kappa shape index (κ2) is 8.14. The van der Waals surface area contributed by atoms with Gasteiger partial charge in [-0.15, -0.1) is 0 Å². The van der Waals surface area contributed by atoms with Crippen LogP contribution in [-0.2, 0) is 6.42 Å². The maximum Gasteiger partial charge on any atom is 0.184 e. The molecule has 0 spiro atoms. The number of nitrogens with zero attached hydrogens (tertiary/aromatic N) is 1. The monoisotopic (exact) mass is 312 g/mol. The van der Waals surface area contributed by atoms with Crippen molar-refractivity contribution in [2.45, 2.75) is 13.3 Å². The molecule has 2 aromatic rings. The number of nitrogens with two attached hydrogens (primary N) is 1. The number of nitrogens with one attached hydrogen (secondary N) is 2. The molecule has 4 N–H and O–H groups in total. The predicted octanol–water partition coefficient (Wildman–Crippen LogP) is 2.90. The maximum atomic E-state index is 5.37. The molecule has 0 aliphatic heterocycles. The van der Waals surface area contributed by atoms with Gasteiger partial charge >= 0.3 is 0 Å². The highest BCUT2D eigenvalue weighted by atomic mass is 32.1. The van der Waals surface area contributed by atoms with E-state index < -0.39 is 0 Å². The zero-order valence-corrected chi connectivity index (χ0v) is 13.4. The quantitative estimate of drug-likeness (QED) is 0.436. The number of thiocarbonyl (C=S) groups is 1. The van der Waals surface area contributed by atoms with Gasteiger partial charge in [0.05, 0.1) is 5.71 Å². The minimum absolute atomic E-state index is 0.163. The first-order chi connectivity index (χ1) is 10.6. The largest absolute Gasteiger partial charge is 0.385 e. The van der Waals surface area contributed by atoms with Crippen LogP contribution in [-0.4, -0.2) is 17.4 Å². The Bertz CT molecular complexity index is 653. The molecule has 114 valence electrons. The van der Waals surface area contributed by atoms with Gasteiger partial charge in [0.15, 0.2) is 5.11 Å². The number of hydrogen-bond donors (Lipinski definition) is 3. The second-order valence-corrected chi connectivity index (χ2v) is 5.36. The Morgan fingerprint density at radius 1 is 1.14 bits per heavy atom. The van der Waals surface area contributed by atoms with Gasteiger partial charge in [0.2, 0.25) is 0 Å². The first-order valence-corrected chi connectivity index (χ1v) is 7.54. The molecule has 0 saturated carbocycles. The summed E-state index contributed by atoms with van der Waals surface area (Å²) in [5.41, 5.74) is 12.2. The summed E-state index contributed by atoms with van der Waals surface area (Å²) >= 11 is 4.74. The van der Waals surface area contributed by atoms with Crippen molar-refractivity contribution in [1.29, 1.82) is 0 Å². The standard InChI is InChI=1S/C17H20N4S/c1-13(20-21-17(18)22)15-8-5-9-16(12-15)19-11-10-14-6-3-2-4-7-14/h2-9,12,19H,10-11H2,1H3,(H3,18,21,22). The fourth-order valence-corrected chi connectivity index (χ4v) is 2.10. The minimum Gasteiger partial charge on any atom is -0.385 e. The molecule has 0 radical (unpaired) electrons. The number of hydrogen-bond acceptors (Lipinski definition) is 3. The minimum atomic E-state index is 0.163. The van der Waals surface area contributed by atoms with Crippen LogP contribution in [0.15, 0.2) is 59.7 Å². The van der Waals surface area contributed by atoms with Crippen LogP contribution in [0, 0.1) is 0 Å². The number of rotatable bonds is 6. The van der Waals surface area contributed by atoms with E-state index in [0.717, 1.165) is 29.9 Å². The Labute approximate surface area is 136 Å². The molecule has 0 unspecified atom stereocenters. The van der Waals surface area contributed by atoms with Gasteiger partial charge in [-0.1, -0.05) is 42.5 Å². The first kappa shape index (κ1) is 16.0. The van der Waals surface area contributed by atoms with E-state index in [1.807, 2.05) is 31.2 Å². The summed E-state index contributed by atoms with van der Waals surface area (Å²) in [4.78, 5) is 0. The number of anilines is 1. The fourth-order valence-electron chi connectivity index (χ4n) is 2.05. The normalized spacial score (nSPS) is 11.0. The SMILES string of the molecule is CC(=NNC(N)=S)c1cccc(NCCc2ccccc2)c1. The predicted molar refractivity (Wildman–Crippen MR) is 97.2 cm³/mol. The number of benzene rings is 2. The Morgan fingerprint density at radius 2 is 1.91 bits per heavy atom. The molecule has 4 nitrogen and oxygen atoms in total. The lowest BCUT2D eigenvalue weighted by atomic mass is 10.1. The second-order valence-electron chi connectivity index (χ2n) is 4.92. The molecule has 0 aromatic heterocycles. The van der Waals surface area contributed by atoms with Crippen LogP contribution in [0.4, 0.5) is 5.69 Å². The highest BCUT2D eigenvalue weighted by Gasteiger charge is 2.00. The third kappa shape index (κ3) is 5.18.